The van der Waals surface area contributed by atoms with Crippen LogP contribution in [0.2, 0.25) is 0 Å². The molecule has 0 aromatic heterocycles. The van der Waals surface area contributed by atoms with Gasteiger partial charge in [-0.15, -0.1) is 0 Å². The van der Waals surface area contributed by atoms with Gasteiger partial charge in [0, 0.05) is 0 Å². The molecule has 0 saturated carbocycles. The molecule has 0 aliphatic carbocycles. The van der Waals surface area contributed by atoms with Crippen LogP contribution in [0.1, 0.15) is 36.0 Å². The van der Waals surface area contributed by atoms with E-state index in [1.54, 1.807) is 7.11 Å². The molecule has 1 N–H and O–H groups in total. The highest BCUT2D eigenvalue weighted by molar-refractivity contribution is 5.45. The number of nitrogens with one attached hydrogen (secondary N) is 1. The fourth-order valence-corrected chi connectivity index (χ4v) is 2.25. The van der Waals surface area contributed by atoms with Crippen molar-refractivity contribution < 1.29 is 4.74 Å². The molecule has 0 heterocycles. The second kappa shape index (κ2) is 5.90. The van der Waals surface area contributed by atoms with Gasteiger partial charge in [-0.3, -0.25) is 0 Å². The highest BCUT2D eigenvalue weighted by Gasteiger charge is 2.14. The van der Waals surface area contributed by atoms with E-state index in [4.69, 9.17) is 4.74 Å². The number of methoxy groups -OCH3 is 1. The molecule has 16 heavy (non-hydrogen) atoms. The summed E-state index contributed by atoms with van der Waals surface area (Å²) in [7, 11) is 3.74. The van der Waals surface area contributed by atoms with E-state index in [-0.39, 0.29) is 0 Å². The lowest BCUT2D eigenvalue weighted by Gasteiger charge is -2.19. The smallest absolute Gasteiger partial charge is 0.122 e. The third-order valence-electron chi connectivity index (χ3n) is 3.03. The summed E-state index contributed by atoms with van der Waals surface area (Å²) >= 11 is 0. The van der Waals surface area contributed by atoms with Gasteiger partial charge in [-0.2, -0.15) is 0 Å². The molecule has 1 aromatic rings. The topological polar surface area (TPSA) is 21.3 Å². The Hall–Kier alpha value is -1.02. The van der Waals surface area contributed by atoms with Crippen LogP contribution in [0.25, 0.3) is 0 Å². The maximum atomic E-state index is 5.49. The average Bonchev–Trinajstić information content (AvgIpc) is 2.24. The van der Waals surface area contributed by atoms with Crippen LogP contribution in [0.15, 0.2) is 12.1 Å². The molecule has 1 unspecified atom stereocenters. The lowest BCUT2D eigenvalue weighted by Crippen LogP contribution is -2.12. The molecule has 0 amide bonds. The minimum absolute atomic E-state index is 0.531. The lowest BCUT2D eigenvalue weighted by atomic mass is 9.91. The third kappa shape index (κ3) is 2.99. The first-order valence-electron chi connectivity index (χ1n) is 5.89. The Kier molecular flexibility index (Phi) is 4.81. The van der Waals surface area contributed by atoms with Gasteiger partial charge in [-0.05, 0) is 62.5 Å². The summed E-state index contributed by atoms with van der Waals surface area (Å²) in [6.45, 7) is 7.58. The highest BCUT2D eigenvalue weighted by Crippen LogP contribution is 2.32. The Morgan fingerprint density at radius 3 is 2.56 bits per heavy atom. The Labute approximate surface area is 99.0 Å². The second-order valence-corrected chi connectivity index (χ2v) is 4.49. The van der Waals surface area contributed by atoms with Crippen molar-refractivity contribution in [1.29, 1.82) is 0 Å². The molecule has 90 valence electrons. The summed E-state index contributed by atoms with van der Waals surface area (Å²) < 4.78 is 5.49. The summed E-state index contributed by atoms with van der Waals surface area (Å²) in [5.74, 6) is 1.56. The fraction of sp³-hybridized carbons (Fsp3) is 0.571. The zero-order chi connectivity index (χ0) is 12.1. The predicted molar refractivity (Wildman–Crippen MR) is 69.4 cm³/mol. The summed E-state index contributed by atoms with van der Waals surface area (Å²) in [5, 5.41) is 3.20. The molecule has 0 aliphatic rings. The van der Waals surface area contributed by atoms with Gasteiger partial charge in [0.15, 0.2) is 0 Å². The Morgan fingerprint density at radius 2 is 2.00 bits per heavy atom. The van der Waals surface area contributed by atoms with Crippen LogP contribution in [-0.2, 0) is 0 Å². The minimum atomic E-state index is 0.531. The minimum Gasteiger partial charge on any atom is -0.496 e. The molecular formula is C14H23NO. The van der Waals surface area contributed by atoms with Crippen LogP contribution < -0.4 is 10.1 Å². The van der Waals surface area contributed by atoms with Crippen molar-refractivity contribution in [2.75, 3.05) is 20.7 Å². The summed E-state index contributed by atoms with van der Waals surface area (Å²) in [6.07, 6.45) is 1.14. The van der Waals surface area contributed by atoms with E-state index < -0.39 is 0 Å². The molecule has 1 rings (SSSR count). The van der Waals surface area contributed by atoms with Gasteiger partial charge in [0.1, 0.15) is 5.75 Å². The van der Waals surface area contributed by atoms with Crippen molar-refractivity contribution in [2.45, 2.75) is 33.1 Å². The number of ether oxygens (including phenoxy) is 1. The normalized spacial score (nSPS) is 12.6. The van der Waals surface area contributed by atoms with Crippen molar-refractivity contribution >= 4 is 0 Å². The maximum absolute atomic E-state index is 5.49. The van der Waals surface area contributed by atoms with E-state index in [1.165, 1.54) is 16.7 Å². The van der Waals surface area contributed by atoms with Gasteiger partial charge in [0.25, 0.3) is 0 Å². The van der Waals surface area contributed by atoms with Crippen LogP contribution >= 0.6 is 0 Å². The van der Waals surface area contributed by atoms with Gasteiger partial charge in [0.2, 0.25) is 0 Å². The van der Waals surface area contributed by atoms with Crippen LogP contribution in [0.5, 0.6) is 5.75 Å². The summed E-state index contributed by atoms with van der Waals surface area (Å²) in [5.41, 5.74) is 3.95. The monoisotopic (exact) mass is 221 g/mol. The molecule has 0 aliphatic heterocycles. The van der Waals surface area contributed by atoms with Crippen molar-refractivity contribution in [1.82, 2.24) is 5.32 Å². The van der Waals surface area contributed by atoms with Gasteiger partial charge < -0.3 is 10.1 Å². The van der Waals surface area contributed by atoms with Crippen LogP contribution in [0, 0.1) is 13.8 Å². The number of benzene rings is 1. The zero-order valence-corrected chi connectivity index (χ0v) is 11.1. The maximum Gasteiger partial charge on any atom is 0.122 e. The van der Waals surface area contributed by atoms with Gasteiger partial charge in [-0.1, -0.05) is 13.0 Å². The first-order chi connectivity index (χ1) is 7.60. The van der Waals surface area contributed by atoms with Crippen LogP contribution in [0.4, 0.5) is 0 Å². The number of aryl methyl sites for hydroxylation is 2. The highest BCUT2D eigenvalue weighted by atomic mass is 16.5. The molecule has 0 saturated heterocycles. The van der Waals surface area contributed by atoms with E-state index in [1.807, 2.05) is 7.05 Å². The van der Waals surface area contributed by atoms with Crippen molar-refractivity contribution in [3.05, 3.63) is 28.8 Å². The van der Waals surface area contributed by atoms with Gasteiger partial charge in [0.05, 0.1) is 7.11 Å². The first-order valence-corrected chi connectivity index (χ1v) is 5.89. The first kappa shape index (κ1) is 13.0. The molecule has 0 spiro atoms. The number of hydrogen-bond donors (Lipinski definition) is 1. The van der Waals surface area contributed by atoms with Crippen molar-refractivity contribution in [3.63, 3.8) is 0 Å². The average molecular weight is 221 g/mol. The van der Waals surface area contributed by atoms with Gasteiger partial charge >= 0.3 is 0 Å². The molecule has 1 atom stereocenters. The molecule has 2 nitrogen and oxygen atoms in total. The van der Waals surface area contributed by atoms with Crippen molar-refractivity contribution in [3.8, 4) is 5.75 Å². The lowest BCUT2D eigenvalue weighted by molar-refractivity contribution is 0.404. The molecular weight excluding hydrogens is 198 g/mol. The van der Waals surface area contributed by atoms with E-state index in [9.17, 15) is 0 Å². The summed E-state index contributed by atoms with van der Waals surface area (Å²) in [4.78, 5) is 0. The van der Waals surface area contributed by atoms with Crippen LogP contribution in [0.3, 0.4) is 0 Å². The zero-order valence-electron chi connectivity index (χ0n) is 11.1. The van der Waals surface area contributed by atoms with E-state index in [0.29, 0.717) is 5.92 Å². The number of hydrogen-bond acceptors (Lipinski definition) is 2. The van der Waals surface area contributed by atoms with Crippen LogP contribution in [-0.4, -0.2) is 20.7 Å². The fourth-order valence-electron chi connectivity index (χ4n) is 2.25. The molecule has 0 radical (unpaired) electrons. The van der Waals surface area contributed by atoms with Crippen molar-refractivity contribution in [2.24, 2.45) is 0 Å². The Morgan fingerprint density at radius 1 is 1.31 bits per heavy atom. The third-order valence-corrected chi connectivity index (χ3v) is 3.03. The van der Waals surface area contributed by atoms with E-state index in [2.05, 4.69) is 38.2 Å². The van der Waals surface area contributed by atoms with Gasteiger partial charge in [-0.25, -0.2) is 0 Å². The molecule has 0 fully saturated rings. The number of rotatable bonds is 5. The predicted octanol–water partition coefficient (Wildman–Crippen LogP) is 3.03. The summed E-state index contributed by atoms with van der Waals surface area (Å²) in [6, 6.07) is 4.35. The molecule has 1 aromatic carbocycles. The molecule has 0 bridgehead atoms. The standard InChI is InChI=1S/C14H23NO/c1-10-8-12(3)14(13(9-10)16-5)11(2)6-7-15-4/h8-9,11,15H,6-7H2,1-5H3. The quantitative estimate of drug-likeness (QED) is 0.825. The Balaban J connectivity index is 3.01. The molecule has 2 heteroatoms. The SMILES string of the molecule is CNCCC(C)c1c(C)cc(C)cc1OC. The Bertz CT molecular complexity index is 347. The van der Waals surface area contributed by atoms with E-state index >= 15 is 0 Å². The van der Waals surface area contributed by atoms with E-state index in [0.717, 1.165) is 18.7 Å². The largest absolute Gasteiger partial charge is 0.496 e. The second-order valence-electron chi connectivity index (χ2n) is 4.49.